The maximum Gasteiger partial charge on any atom is 0.252 e. The molecule has 0 radical (unpaired) electrons. The molecule has 0 bridgehead atoms. The summed E-state index contributed by atoms with van der Waals surface area (Å²) >= 11 is 5.13. The van der Waals surface area contributed by atoms with Crippen LogP contribution in [0.2, 0.25) is 0 Å². The first kappa shape index (κ1) is 14.8. The fraction of sp³-hybridized carbons (Fsp3) is 0.467. The average molecular weight is 292 g/mol. The molecule has 2 rings (SSSR count). The fourth-order valence-electron chi connectivity index (χ4n) is 2.57. The summed E-state index contributed by atoms with van der Waals surface area (Å²) in [6, 6.07) is 7.09. The molecule has 20 heavy (non-hydrogen) atoms. The van der Waals surface area contributed by atoms with Gasteiger partial charge in [0.15, 0.2) is 0 Å². The number of thiocarbonyl (C=S) groups is 1. The molecule has 1 saturated carbocycles. The predicted octanol–water partition coefficient (Wildman–Crippen LogP) is 2.41. The van der Waals surface area contributed by atoms with Gasteiger partial charge in [0.2, 0.25) is 0 Å². The second kappa shape index (κ2) is 6.22. The van der Waals surface area contributed by atoms with Gasteiger partial charge in [-0.3, -0.25) is 4.79 Å². The molecular formula is C15H20N2O2S. The van der Waals surface area contributed by atoms with Crippen LogP contribution in [-0.2, 0) is 0 Å². The Labute approximate surface area is 124 Å². The van der Waals surface area contributed by atoms with Gasteiger partial charge in [-0.25, -0.2) is 0 Å². The van der Waals surface area contributed by atoms with Crippen molar-refractivity contribution >= 4 is 23.1 Å². The minimum Gasteiger partial charge on any atom is -0.494 e. The molecule has 1 fully saturated rings. The SMILES string of the molecule is CCOc1ccc(C(=O)NC2(C(N)=S)CCCC2)cc1. The zero-order valence-corrected chi connectivity index (χ0v) is 12.5. The largest absolute Gasteiger partial charge is 0.494 e. The molecule has 0 aromatic heterocycles. The van der Waals surface area contributed by atoms with Gasteiger partial charge in [0.25, 0.3) is 5.91 Å². The Morgan fingerprint density at radius 1 is 1.35 bits per heavy atom. The van der Waals surface area contributed by atoms with E-state index in [0.717, 1.165) is 31.4 Å². The molecule has 1 aliphatic rings. The fourth-order valence-corrected chi connectivity index (χ4v) is 2.83. The van der Waals surface area contributed by atoms with E-state index in [1.165, 1.54) is 0 Å². The number of benzene rings is 1. The van der Waals surface area contributed by atoms with Crippen LogP contribution in [0.3, 0.4) is 0 Å². The van der Waals surface area contributed by atoms with E-state index in [-0.39, 0.29) is 5.91 Å². The number of carbonyl (C=O) groups excluding carboxylic acids is 1. The zero-order chi connectivity index (χ0) is 14.6. The van der Waals surface area contributed by atoms with E-state index < -0.39 is 5.54 Å². The molecule has 1 aliphatic carbocycles. The Hall–Kier alpha value is -1.62. The van der Waals surface area contributed by atoms with Crippen molar-refractivity contribution in [2.45, 2.75) is 38.1 Å². The zero-order valence-electron chi connectivity index (χ0n) is 11.6. The van der Waals surface area contributed by atoms with Crippen LogP contribution >= 0.6 is 12.2 Å². The average Bonchev–Trinajstić information content (AvgIpc) is 2.90. The second-order valence-corrected chi connectivity index (χ2v) is 5.50. The Bertz CT molecular complexity index is 493. The molecule has 1 aromatic rings. The predicted molar refractivity (Wildman–Crippen MR) is 83.1 cm³/mol. The first-order valence-corrected chi connectivity index (χ1v) is 7.33. The van der Waals surface area contributed by atoms with Gasteiger partial charge in [-0.1, -0.05) is 25.1 Å². The summed E-state index contributed by atoms with van der Waals surface area (Å²) in [5, 5.41) is 3.01. The summed E-state index contributed by atoms with van der Waals surface area (Å²) in [6.45, 7) is 2.53. The van der Waals surface area contributed by atoms with Crippen LogP contribution in [0.25, 0.3) is 0 Å². The van der Waals surface area contributed by atoms with Crippen LogP contribution in [0, 0.1) is 0 Å². The molecule has 0 unspecified atom stereocenters. The number of amides is 1. The summed E-state index contributed by atoms with van der Waals surface area (Å²) in [4.78, 5) is 12.7. The molecule has 1 aromatic carbocycles. The molecular weight excluding hydrogens is 272 g/mol. The molecule has 5 heteroatoms. The summed E-state index contributed by atoms with van der Waals surface area (Å²) in [6.07, 6.45) is 3.73. The maximum absolute atomic E-state index is 12.3. The number of hydrogen-bond donors (Lipinski definition) is 2. The lowest BCUT2D eigenvalue weighted by Gasteiger charge is -2.29. The number of nitrogens with one attached hydrogen (secondary N) is 1. The van der Waals surface area contributed by atoms with Crippen molar-refractivity contribution in [2.24, 2.45) is 5.73 Å². The summed E-state index contributed by atoms with van der Waals surface area (Å²) in [7, 11) is 0. The van der Waals surface area contributed by atoms with E-state index >= 15 is 0 Å². The molecule has 108 valence electrons. The molecule has 3 N–H and O–H groups in total. The van der Waals surface area contributed by atoms with Crippen LogP contribution in [0.4, 0.5) is 0 Å². The smallest absolute Gasteiger partial charge is 0.252 e. The molecule has 1 amide bonds. The van der Waals surface area contributed by atoms with Crippen molar-refractivity contribution in [2.75, 3.05) is 6.61 Å². The number of carbonyl (C=O) groups is 1. The molecule has 0 spiro atoms. The molecule has 4 nitrogen and oxygen atoms in total. The number of ether oxygens (including phenoxy) is 1. The van der Waals surface area contributed by atoms with Gasteiger partial charge in [-0.2, -0.15) is 0 Å². The van der Waals surface area contributed by atoms with Gasteiger partial charge < -0.3 is 15.8 Å². The second-order valence-electron chi connectivity index (χ2n) is 5.06. The molecule has 0 atom stereocenters. The lowest BCUT2D eigenvalue weighted by atomic mass is 9.97. The van der Waals surface area contributed by atoms with E-state index in [1.54, 1.807) is 24.3 Å². The minimum atomic E-state index is -0.509. The number of nitrogens with two attached hydrogens (primary N) is 1. The minimum absolute atomic E-state index is 0.136. The van der Waals surface area contributed by atoms with Crippen molar-refractivity contribution in [3.8, 4) is 5.75 Å². The first-order chi connectivity index (χ1) is 9.57. The van der Waals surface area contributed by atoms with E-state index in [0.29, 0.717) is 17.2 Å². The topological polar surface area (TPSA) is 64.3 Å². The van der Waals surface area contributed by atoms with Crippen molar-refractivity contribution in [3.63, 3.8) is 0 Å². The number of hydrogen-bond acceptors (Lipinski definition) is 3. The highest BCUT2D eigenvalue weighted by atomic mass is 32.1. The molecule has 0 aliphatic heterocycles. The van der Waals surface area contributed by atoms with Crippen LogP contribution in [0.15, 0.2) is 24.3 Å². The maximum atomic E-state index is 12.3. The quantitative estimate of drug-likeness (QED) is 0.818. The van der Waals surface area contributed by atoms with Gasteiger partial charge in [0.1, 0.15) is 5.75 Å². The van der Waals surface area contributed by atoms with Crippen LogP contribution in [-0.4, -0.2) is 23.0 Å². The van der Waals surface area contributed by atoms with E-state index in [4.69, 9.17) is 22.7 Å². The normalized spacial score (nSPS) is 16.6. The Balaban J connectivity index is 2.09. The van der Waals surface area contributed by atoms with Crippen molar-refractivity contribution in [1.82, 2.24) is 5.32 Å². The monoisotopic (exact) mass is 292 g/mol. The third kappa shape index (κ3) is 3.10. The third-order valence-corrected chi connectivity index (χ3v) is 4.10. The van der Waals surface area contributed by atoms with Gasteiger partial charge >= 0.3 is 0 Å². The lowest BCUT2D eigenvalue weighted by molar-refractivity contribution is 0.0924. The van der Waals surface area contributed by atoms with Gasteiger partial charge in [0.05, 0.1) is 17.1 Å². The highest BCUT2D eigenvalue weighted by Gasteiger charge is 2.38. The van der Waals surface area contributed by atoms with Gasteiger partial charge in [-0.05, 0) is 44.0 Å². The van der Waals surface area contributed by atoms with Crippen LogP contribution < -0.4 is 15.8 Å². The van der Waals surface area contributed by atoms with E-state index in [9.17, 15) is 4.79 Å². The molecule has 0 heterocycles. The highest BCUT2D eigenvalue weighted by Crippen LogP contribution is 2.30. The van der Waals surface area contributed by atoms with Crippen LogP contribution in [0.1, 0.15) is 43.0 Å². The van der Waals surface area contributed by atoms with Crippen molar-refractivity contribution in [3.05, 3.63) is 29.8 Å². The Morgan fingerprint density at radius 3 is 2.45 bits per heavy atom. The van der Waals surface area contributed by atoms with Crippen molar-refractivity contribution in [1.29, 1.82) is 0 Å². The Kier molecular flexibility index (Phi) is 4.60. The molecule has 0 saturated heterocycles. The van der Waals surface area contributed by atoms with Crippen molar-refractivity contribution < 1.29 is 9.53 Å². The Morgan fingerprint density at radius 2 is 1.95 bits per heavy atom. The van der Waals surface area contributed by atoms with Gasteiger partial charge in [0, 0.05) is 5.56 Å². The first-order valence-electron chi connectivity index (χ1n) is 6.93. The van der Waals surface area contributed by atoms with E-state index in [2.05, 4.69) is 5.32 Å². The standard InChI is InChI=1S/C15H20N2O2S/c1-2-19-12-7-5-11(6-8-12)13(18)17-15(14(16)20)9-3-4-10-15/h5-8H,2-4,9-10H2,1H3,(H2,16,20)(H,17,18). The lowest BCUT2D eigenvalue weighted by Crippen LogP contribution is -2.54. The number of rotatable bonds is 5. The van der Waals surface area contributed by atoms with Gasteiger partial charge in [-0.15, -0.1) is 0 Å². The van der Waals surface area contributed by atoms with E-state index in [1.807, 2.05) is 6.92 Å². The summed E-state index contributed by atoms with van der Waals surface area (Å²) < 4.78 is 5.36. The highest BCUT2D eigenvalue weighted by molar-refractivity contribution is 7.80. The summed E-state index contributed by atoms with van der Waals surface area (Å²) in [5.41, 5.74) is 5.90. The van der Waals surface area contributed by atoms with Crippen LogP contribution in [0.5, 0.6) is 5.75 Å². The summed E-state index contributed by atoms with van der Waals surface area (Å²) in [5.74, 6) is 0.622. The third-order valence-electron chi connectivity index (χ3n) is 3.71.